The third kappa shape index (κ3) is 2.86. The van der Waals surface area contributed by atoms with E-state index >= 15 is 0 Å². The fraction of sp³-hybridized carbons (Fsp3) is 0.182. The van der Waals surface area contributed by atoms with Crippen molar-refractivity contribution in [2.75, 3.05) is 19.1 Å². The van der Waals surface area contributed by atoms with Crippen molar-refractivity contribution >= 4 is 43.9 Å². The van der Waals surface area contributed by atoms with Gasteiger partial charge in [-0.25, -0.2) is 0 Å². The van der Waals surface area contributed by atoms with Crippen LogP contribution in [0, 0.1) is 0 Å². The molecule has 142 valence electrons. The summed E-state index contributed by atoms with van der Waals surface area (Å²) in [4.78, 5) is 28.2. The van der Waals surface area contributed by atoms with Crippen molar-refractivity contribution < 1.29 is 9.53 Å². The summed E-state index contributed by atoms with van der Waals surface area (Å²) in [6.45, 7) is 2.54. The van der Waals surface area contributed by atoms with Crippen LogP contribution in [-0.4, -0.2) is 24.6 Å². The van der Waals surface area contributed by atoms with Crippen molar-refractivity contribution in [1.29, 1.82) is 0 Å². The maximum atomic E-state index is 13.1. The zero-order valence-electron chi connectivity index (χ0n) is 15.9. The maximum Gasteiger partial charge on any atom is 0.268 e. The number of hydrogen-bond acceptors (Lipinski definition) is 4. The van der Waals surface area contributed by atoms with Gasteiger partial charge in [0, 0.05) is 29.4 Å². The van der Waals surface area contributed by atoms with Crippen LogP contribution in [0.2, 0.25) is 0 Å². The van der Waals surface area contributed by atoms with Gasteiger partial charge < -0.3 is 14.2 Å². The Hall–Kier alpha value is -3.12. The average Bonchev–Trinajstić information content (AvgIpc) is 3.19. The van der Waals surface area contributed by atoms with Crippen LogP contribution < -0.4 is 15.2 Å². The number of benzene rings is 2. The second-order valence-corrected chi connectivity index (χ2v) is 7.53. The molecule has 0 aliphatic rings. The molecule has 0 bridgehead atoms. The Kier molecular flexibility index (Phi) is 4.65. The second kappa shape index (κ2) is 7.13. The lowest BCUT2D eigenvalue weighted by Gasteiger charge is -2.16. The number of pyridine rings is 1. The van der Waals surface area contributed by atoms with E-state index < -0.39 is 0 Å². The van der Waals surface area contributed by atoms with Crippen LogP contribution in [0.4, 0.5) is 5.69 Å². The minimum absolute atomic E-state index is 0.0569. The lowest BCUT2D eigenvalue weighted by molar-refractivity contribution is 0.0997. The van der Waals surface area contributed by atoms with Crippen molar-refractivity contribution in [2.45, 2.75) is 13.5 Å². The van der Waals surface area contributed by atoms with Gasteiger partial charge in [0.05, 0.1) is 22.9 Å². The van der Waals surface area contributed by atoms with Gasteiger partial charge in [-0.2, -0.15) is 0 Å². The molecule has 6 heteroatoms. The van der Waals surface area contributed by atoms with Crippen LogP contribution in [0.15, 0.2) is 59.4 Å². The number of aryl methyl sites for hydroxylation is 1. The molecule has 0 radical (unpaired) electrons. The minimum Gasteiger partial charge on any atom is -0.497 e. The van der Waals surface area contributed by atoms with Gasteiger partial charge in [-0.3, -0.25) is 9.59 Å². The molecule has 0 saturated carbocycles. The first-order chi connectivity index (χ1) is 13.5. The van der Waals surface area contributed by atoms with Gasteiger partial charge in [0.2, 0.25) is 0 Å². The predicted molar refractivity (Wildman–Crippen MR) is 115 cm³/mol. The van der Waals surface area contributed by atoms with Gasteiger partial charge in [-0.05, 0) is 43.3 Å². The monoisotopic (exact) mass is 392 g/mol. The SMILES string of the molecule is CCn1c(=O)c2cc(C(=O)N(C)c3ccc(OC)cc3)sc2c2ccccc21. The van der Waals surface area contributed by atoms with Crippen molar-refractivity contribution in [2.24, 2.45) is 0 Å². The Labute approximate surface area is 166 Å². The molecule has 1 amide bonds. The number of aromatic nitrogens is 1. The summed E-state index contributed by atoms with van der Waals surface area (Å²) < 4.78 is 7.79. The molecule has 0 atom stereocenters. The Balaban J connectivity index is 1.83. The number of anilines is 1. The molecule has 28 heavy (non-hydrogen) atoms. The molecule has 4 aromatic rings. The Bertz CT molecular complexity index is 1240. The molecule has 0 unspecified atom stereocenters. The van der Waals surface area contributed by atoms with E-state index in [9.17, 15) is 9.59 Å². The molecule has 0 N–H and O–H groups in total. The molecule has 2 aromatic carbocycles. The van der Waals surface area contributed by atoms with Crippen LogP contribution in [0.25, 0.3) is 21.0 Å². The molecule has 0 saturated heterocycles. The van der Waals surface area contributed by atoms with Crippen LogP contribution in [0.5, 0.6) is 5.75 Å². The van der Waals surface area contributed by atoms with E-state index in [2.05, 4.69) is 0 Å². The molecule has 2 aromatic heterocycles. The highest BCUT2D eigenvalue weighted by atomic mass is 32.1. The van der Waals surface area contributed by atoms with E-state index in [4.69, 9.17) is 4.74 Å². The summed E-state index contributed by atoms with van der Waals surface area (Å²) in [5, 5.41) is 1.59. The summed E-state index contributed by atoms with van der Waals surface area (Å²) in [5.74, 6) is 0.593. The van der Waals surface area contributed by atoms with E-state index in [0.29, 0.717) is 16.8 Å². The van der Waals surface area contributed by atoms with Crippen LogP contribution in [0.1, 0.15) is 16.6 Å². The number of carbonyl (C=O) groups is 1. The number of para-hydroxylation sites is 1. The van der Waals surface area contributed by atoms with Crippen molar-refractivity contribution in [3.63, 3.8) is 0 Å². The quantitative estimate of drug-likeness (QED) is 0.513. The van der Waals surface area contributed by atoms with Gasteiger partial charge in [-0.1, -0.05) is 18.2 Å². The topological polar surface area (TPSA) is 51.5 Å². The highest BCUT2D eigenvalue weighted by molar-refractivity contribution is 7.21. The van der Waals surface area contributed by atoms with Gasteiger partial charge in [-0.15, -0.1) is 11.3 Å². The Morgan fingerprint density at radius 2 is 1.82 bits per heavy atom. The fourth-order valence-corrected chi connectivity index (χ4v) is 4.57. The average molecular weight is 392 g/mol. The molecule has 0 aliphatic carbocycles. The van der Waals surface area contributed by atoms with Crippen LogP contribution in [-0.2, 0) is 6.54 Å². The number of hydrogen-bond donors (Lipinski definition) is 0. The van der Waals surface area contributed by atoms with Crippen molar-refractivity contribution in [1.82, 2.24) is 4.57 Å². The zero-order chi connectivity index (χ0) is 19.8. The lowest BCUT2D eigenvalue weighted by atomic mass is 10.1. The number of carbonyl (C=O) groups excluding carboxylic acids is 1. The molecule has 5 nitrogen and oxygen atoms in total. The molecule has 0 aliphatic heterocycles. The van der Waals surface area contributed by atoms with Gasteiger partial charge in [0.25, 0.3) is 11.5 Å². The summed E-state index contributed by atoms with van der Waals surface area (Å²) in [5.41, 5.74) is 1.60. The van der Waals surface area contributed by atoms with Crippen molar-refractivity contribution in [3.8, 4) is 5.75 Å². The van der Waals surface area contributed by atoms with E-state index in [1.54, 1.807) is 29.7 Å². The molecule has 0 fully saturated rings. The Morgan fingerprint density at radius 3 is 2.50 bits per heavy atom. The molecule has 4 rings (SSSR count). The lowest BCUT2D eigenvalue weighted by Crippen LogP contribution is -2.25. The first-order valence-corrected chi connectivity index (χ1v) is 9.84. The van der Waals surface area contributed by atoms with E-state index in [1.165, 1.54) is 11.3 Å². The highest BCUT2D eigenvalue weighted by Crippen LogP contribution is 2.32. The van der Waals surface area contributed by atoms with E-state index in [1.807, 2.05) is 55.5 Å². The maximum absolute atomic E-state index is 13.1. The van der Waals surface area contributed by atoms with Gasteiger partial charge in [0.15, 0.2) is 0 Å². The van der Waals surface area contributed by atoms with E-state index in [0.717, 1.165) is 27.0 Å². The summed E-state index contributed by atoms with van der Waals surface area (Å²) in [6, 6.07) is 16.9. The Morgan fingerprint density at radius 1 is 1.11 bits per heavy atom. The number of amides is 1. The van der Waals surface area contributed by atoms with Gasteiger partial charge in [0.1, 0.15) is 5.75 Å². The number of fused-ring (bicyclic) bond motifs is 3. The first-order valence-electron chi connectivity index (χ1n) is 9.02. The largest absolute Gasteiger partial charge is 0.497 e. The number of rotatable bonds is 4. The summed E-state index contributed by atoms with van der Waals surface area (Å²) >= 11 is 1.37. The summed E-state index contributed by atoms with van der Waals surface area (Å²) in [7, 11) is 3.34. The summed E-state index contributed by atoms with van der Waals surface area (Å²) in [6.07, 6.45) is 0. The standard InChI is InChI=1S/C22H20N2O3S/c1-4-24-18-8-6-5-7-16(18)20-17(21(24)25)13-19(28-20)22(26)23(2)14-9-11-15(27-3)12-10-14/h5-13H,4H2,1-3H3. The normalized spacial score (nSPS) is 11.1. The van der Waals surface area contributed by atoms with Crippen LogP contribution in [0.3, 0.4) is 0 Å². The van der Waals surface area contributed by atoms with Crippen molar-refractivity contribution in [3.05, 3.63) is 69.8 Å². The molecule has 2 heterocycles. The molecular formula is C22H20N2O3S. The fourth-order valence-electron chi connectivity index (χ4n) is 3.41. The highest BCUT2D eigenvalue weighted by Gasteiger charge is 2.20. The molecular weight excluding hydrogens is 372 g/mol. The zero-order valence-corrected chi connectivity index (χ0v) is 16.7. The van der Waals surface area contributed by atoms with Gasteiger partial charge >= 0.3 is 0 Å². The number of thiophene rings is 1. The van der Waals surface area contributed by atoms with E-state index in [-0.39, 0.29) is 11.5 Å². The number of nitrogens with zero attached hydrogens (tertiary/aromatic N) is 2. The minimum atomic E-state index is -0.141. The third-order valence-corrected chi connectivity index (χ3v) is 6.09. The molecule has 0 spiro atoms. The number of ether oxygens (including phenoxy) is 1. The third-order valence-electron chi connectivity index (χ3n) is 4.94. The first kappa shape index (κ1) is 18.3. The second-order valence-electron chi connectivity index (χ2n) is 6.48. The van der Waals surface area contributed by atoms with Crippen LogP contribution >= 0.6 is 11.3 Å². The predicted octanol–water partition coefficient (Wildman–Crippen LogP) is 4.52. The number of methoxy groups -OCH3 is 1. The smallest absolute Gasteiger partial charge is 0.268 e.